The van der Waals surface area contributed by atoms with Crippen molar-refractivity contribution in [3.05, 3.63) is 96.3 Å². The van der Waals surface area contributed by atoms with Crippen LogP contribution in [0.1, 0.15) is 10.4 Å². The van der Waals surface area contributed by atoms with Gasteiger partial charge in [-0.15, -0.1) is 0 Å². The lowest BCUT2D eigenvalue weighted by molar-refractivity contribution is 0.0964. The number of halogens is 1. The van der Waals surface area contributed by atoms with E-state index in [1.165, 1.54) is 12.1 Å². The van der Waals surface area contributed by atoms with E-state index in [2.05, 4.69) is 10.3 Å². The molecule has 1 atom stereocenters. The van der Waals surface area contributed by atoms with Crippen molar-refractivity contribution in [1.82, 2.24) is 15.3 Å². The number of furan rings is 1. The summed E-state index contributed by atoms with van der Waals surface area (Å²) in [7, 11) is 1.96. The number of aromatic nitrogens is 2. The molecule has 2 aromatic heterocycles. The van der Waals surface area contributed by atoms with Crippen LogP contribution < -0.4 is 9.62 Å². The molecule has 0 saturated heterocycles. The molecule has 1 amide bonds. The average molecular weight is 553 g/mol. The highest BCUT2D eigenvalue weighted by molar-refractivity contribution is 7.85. The summed E-state index contributed by atoms with van der Waals surface area (Å²) in [6.45, 7) is 0. The number of anilines is 1. The van der Waals surface area contributed by atoms with Gasteiger partial charge in [0.15, 0.2) is 0 Å². The Balaban J connectivity index is 1.58. The molecule has 2 heterocycles. The molecule has 0 aliphatic heterocycles. The van der Waals surface area contributed by atoms with Crippen molar-refractivity contribution >= 4 is 44.6 Å². The van der Waals surface area contributed by atoms with Crippen molar-refractivity contribution < 1.29 is 17.8 Å². The molecule has 0 spiro atoms. The first kappa shape index (κ1) is 25.5. The summed E-state index contributed by atoms with van der Waals surface area (Å²) in [6, 6.07) is 25.2. The van der Waals surface area contributed by atoms with Crippen LogP contribution in [0.3, 0.4) is 0 Å². The Morgan fingerprint density at radius 2 is 1.73 bits per heavy atom. The van der Waals surface area contributed by atoms with Gasteiger partial charge < -0.3 is 14.7 Å². The minimum absolute atomic E-state index is 0.328. The first-order valence-corrected chi connectivity index (χ1v) is 14.1. The molecule has 0 fully saturated rings. The second kappa shape index (κ2) is 10.1. The Kier molecular flexibility index (Phi) is 6.43. The first-order valence-electron chi connectivity index (χ1n) is 12.6. The quantitative estimate of drug-likeness (QED) is 0.246. The van der Waals surface area contributed by atoms with Gasteiger partial charge in [-0.1, -0.05) is 30.3 Å². The van der Waals surface area contributed by atoms with Crippen LogP contribution >= 0.6 is 0 Å². The van der Waals surface area contributed by atoms with Gasteiger partial charge in [0.2, 0.25) is 0 Å². The Labute approximate surface area is 232 Å². The van der Waals surface area contributed by atoms with Gasteiger partial charge >= 0.3 is 0 Å². The number of amides is 1. The highest BCUT2D eigenvalue weighted by atomic mass is 32.2. The fourth-order valence-electron chi connectivity index (χ4n) is 4.84. The van der Waals surface area contributed by atoms with E-state index in [0.717, 1.165) is 33.5 Å². The predicted octanol–water partition coefficient (Wildman–Crippen LogP) is 6.54. The van der Waals surface area contributed by atoms with Crippen LogP contribution in [0.15, 0.2) is 89.3 Å². The maximum absolute atomic E-state index is 13.7. The maximum atomic E-state index is 13.7. The van der Waals surface area contributed by atoms with Crippen molar-refractivity contribution in [3.8, 4) is 33.8 Å². The maximum Gasteiger partial charge on any atom is 0.255 e. The number of aromatic amines is 1. The largest absolute Gasteiger partial charge is 0.455 e. The molecular weight excluding hydrogens is 527 g/mol. The number of hydrogen-bond donors (Lipinski definition) is 2. The van der Waals surface area contributed by atoms with Gasteiger partial charge in [0.1, 0.15) is 34.0 Å². The zero-order chi connectivity index (χ0) is 28.0. The predicted molar refractivity (Wildman–Crippen MR) is 158 cm³/mol. The molecule has 40 heavy (non-hydrogen) atoms. The van der Waals surface area contributed by atoms with Gasteiger partial charge in [0.25, 0.3) is 5.91 Å². The fraction of sp³-hybridized carbons (Fsp3) is 0.0968. The summed E-state index contributed by atoms with van der Waals surface area (Å²) in [6.07, 6.45) is 1.60. The molecule has 9 heteroatoms. The SMILES string of the molecule is CNC(=O)c1c(-c2ccc(F)cc2)oc2cc(N(C)S(C)=O)c(-c3cccc(-c4nc5ccccc5[nH]4)c3)cc12. The van der Waals surface area contributed by atoms with Gasteiger partial charge in [0.05, 0.1) is 22.3 Å². The van der Waals surface area contributed by atoms with E-state index in [0.29, 0.717) is 33.5 Å². The third kappa shape index (κ3) is 4.44. The third-order valence-corrected chi connectivity index (χ3v) is 7.90. The van der Waals surface area contributed by atoms with E-state index in [1.807, 2.05) is 54.6 Å². The number of para-hydroxylation sites is 2. The molecule has 0 bridgehead atoms. The Morgan fingerprint density at radius 3 is 2.45 bits per heavy atom. The van der Waals surface area contributed by atoms with Gasteiger partial charge in [-0.3, -0.25) is 9.10 Å². The van der Waals surface area contributed by atoms with Gasteiger partial charge in [0, 0.05) is 48.5 Å². The number of carbonyl (C=O) groups is 1. The van der Waals surface area contributed by atoms with Crippen LogP contribution in [0.5, 0.6) is 0 Å². The van der Waals surface area contributed by atoms with E-state index in [-0.39, 0.29) is 11.7 Å². The molecule has 0 saturated carbocycles. The normalized spacial score (nSPS) is 12.1. The number of imidazole rings is 1. The zero-order valence-corrected chi connectivity index (χ0v) is 22.8. The van der Waals surface area contributed by atoms with E-state index in [9.17, 15) is 13.4 Å². The van der Waals surface area contributed by atoms with Crippen LogP contribution in [-0.2, 0) is 11.0 Å². The van der Waals surface area contributed by atoms with Crippen LogP contribution in [0.2, 0.25) is 0 Å². The monoisotopic (exact) mass is 552 g/mol. The Bertz CT molecular complexity index is 1890. The van der Waals surface area contributed by atoms with E-state index in [4.69, 9.17) is 9.40 Å². The second-order valence-corrected chi connectivity index (χ2v) is 10.8. The molecule has 7 nitrogen and oxygen atoms in total. The van der Waals surface area contributed by atoms with Crippen molar-refractivity contribution in [2.24, 2.45) is 0 Å². The highest BCUT2D eigenvalue weighted by Gasteiger charge is 2.25. The van der Waals surface area contributed by atoms with Crippen LogP contribution in [0, 0.1) is 5.82 Å². The lowest BCUT2D eigenvalue weighted by Crippen LogP contribution is -2.20. The van der Waals surface area contributed by atoms with Crippen LogP contribution in [0.25, 0.3) is 55.8 Å². The molecule has 1 unspecified atom stereocenters. The number of carbonyl (C=O) groups excluding carboxylic acids is 1. The first-order chi connectivity index (χ1) is 19.3. The molecule has 0 aliphatic carbocycles. The highest BCUT2D eigenvalue weighted by Crippen LogP contribution is 2.41. The Hall–Kier alpha value is -4.76. The number of benzene rings is 4. The minimum atomic E-state index is -1.34. The summed E-state index contributed by atoms with van der Waals surface area (Å²) < 4.78 is 34.1. The zero-order valence-electron chi connectivity index (χ0n) is 22.0. The number of rotatable bonds is 6. The van der Waals surface area contributed by atoms with E-state index < -0.39 is 11.0 Å². The fourth-order valence-corrected chi connectivity index (χ4v) is 5.27. The van der Waals surface area contributed by atoms with Crippen LogP contribution in [0.4, 0.5) is 10.1 Å². The summed E-state index contributed by atoms with van der Waals surface area (Å²) in [5.41, 5.74) is 6.32. The minimum Gasteiger partial charge on any atom is -0.455 e. The molecular formula is C31H25FN4O3S. The molecule has 2 N–H and O–H groups in total. The van der Waals surface area contributed by atoms with Crippen molar-refractivity contribution in [3.63, 3.8) is 0 Å². The number of hydrogen-bond acceptors (Lipinski definition) is 4. The molecule has 6 rings (SSSR count). The van der Waals surface area contributed by atoms with Crippen molar-refractivity contribution in [1.29, 1.82) is 0 Å². The van der Waals surface area contributed by atoms with E-state index >= 15 is 0 Å². The number of H-pyrrole nitrogens is 1. The number of nitrogens with zero attached hydrogens (tertiary/aromatic N) is 2. The lowest BCUT2D eigenvalue weighted by Gasteiger charge is -2.20. The van der Waals surface area contributed by atoms with Gasteiger partial charge in [-0.05, 0) is 54.1 Å². The molecule has 0 aliphatic rings. The second-order valence-electron chi connectivity index (χ2n) is 9.36. The smallest absolute Gasteiger partial charge is 0.255 e. The summed E-state index contributed by atoms with van der Waals surface area (Å²) in [5.74, 6) is 0.336. The van der Waals surface area contributed by atoms with E-state index in [1.54, 1.807) is 42.9 Å². The number of nitrogens with one attached hydrogen (secondary N) is 2. The summed E-state index contributed by atoms with van der Waals surface area (Å²) >= 11 is 0. The summed E-state index contributed by atoms with van der Waals surface area (Å²) in [4.78, 5) is 21.2. The van der Waals surface area contributed by atoms with Crippen molar-refractivity contribution in [2.45, 2.75) is 0 Å². The molecule has 0 radical (unpaired) electrons. The van der Waals surface area contributed by atoms with Crippen LogP contribution in [-0.4, -0.2) is 40.4 Å². The van der Waals surface area contributed by atoms with Gasteiger partial charge in [-0.25, -0.2) is 13.6 Å². The molecule has 6 aromatic rings. The lowest BCUT2D eigenvalue weighted by atomic mass is 9.97. The summed E-state index contributed by atoms with van der Waals surface area (Å²) in [5, 5.41) is 3.28. The molecule has 4 aromatic carbocycles. The average Bonchev–Trinajstić information content (AvgIpc) is 3.58. The Morgan fingerprint density at radius 1 is 0.975 bits per heavy atom. The molecule has 200 valence electrons. The standard InChI is InChI=1S/C31H25FN4O3S/c1-33-31(37)28-23-16-22(19-7-6-8-20(15-19)30-34-24-9-4-5-10-25(24)35-30)26(36(2)40(3)38)17-27(23)39-29(28)18-11-13-21(32)14-12-18/h4-17H,1-3H3,(H,33,37)(H,34,35). The van der Waals surface area contributed by atoms with Gasteiger partial charge in [-0.2, -0.15) is 0 Å². The number of fused-ring (bicyclic) bond motifs is 2. The third-order valence-electron chi connectivity index (χ3n) is 6.93. The topological polar surface area (TPSA) is 91.2 Å². The van der Waals surface area contributed by atoms with Crippen molar-refractivity contribution in [2.75, 3.05) is 24.7 Å².